The zero-order valence-electron chi connectivity index (χ0n) is 8.55. The van der Waals surface area contributed by atoms with Gasteiger partial charge in [0.15, 0.2) is 0 Å². The molecular weight excluding hydrogens is 176 g/mol. The van der Waals surface area contributed by atoms with Crippen molar-refractivity contribution >= 4 is 11.8 Å². The van der Waals surface area contributed by atoms with Crippen molar-refractivity contribution in [3.63, 3.8) is 0 Å². The number of hydrogen-bond donors (Lipinski definition) is 0. The molecular formula is C12H18S. The number of fused-ring (bicyclic) bond motifs is 1. The van der Waals surface area contributed by atoms with Gasteiger partial charge < -0.3 is 0 Å². The normalized spacial score (nSPS) is 14.0. The second-order valence-electron chi connectivity index (χ2n) is 3.28. The predicted octanol–water partition coefficient (Wildman–Crippen LogP) is 3.89. The third kappa shape index (κ3) is 3.43. The summed E-state index contributed by atoms with van der Waals surface area (Å²) in [6, 6.07) is 8.75. The number of thioether (sulfide) groups is 1. The fourth-order valence-electron chi connectivity index (χ4n) is 1.31. The second-order valence-corrected chi connectivity index (χ2v) is 4.38. The summed E-state index contributed by atoms with van der Waals surface area (Å²) in [5, 5.41) is 0. The van der Waals surface area contributed by atoms with Crippen LogP contribution < -0.4 is 0 Å². The lowest BCUT2D eigenvalue weighted by atomic mass is 10.1. The van der Waals surface area contributed by atoms with Crippen molar-refractivity contribution in [1.82, 2.24) is 0 Å². The summed E-state index contributed by atoms with van der Waals surface area (Å²) in [4.78, 5) is 0. The number of aryl methyl sites for hydroxylation is 1. The van der Waals surface area contributed by atoms with E-state index in [0.717, 1.165) is 0 Å². The quantitative estimate of drug-likeness (QED) is 0.603. The summed E-state index contributed by atoms with van der Waals surface area (Å²) < 4.78 is 0. The predicted molar refractivity (Wildman–Crippen MR) is 62.3 cm³/mol. The van der Waals surface area contributed by atoms with E-state index in [1.165, 1.54) is 24.3 Å². The fraction of sp³-hybridized carbons (Fsp3) is 0.500. The van der Waals surface area contributed by atoms with Gasteiger partial charge >= 0.3 is 0 Å². The Bertz CT molecular complexity index is 218. The van der Waals surface area contributed by atoms with Crippen LogP contribution in [0.1, 0.15) is 31.4 Å². The molecule has 1 heteroatoms. The Hall–Kier alpha value is -0.430. The van der Waals surface area contributed by atoms with Crippen LogP contribution >= 0.6 is 11.8 Å². The first-order valence-electron chi connectivity index (χ1n) is 5.03. The maximum absolute atomic E-state index is 2.25. The molecule has 0 amide bonds. The van der Waals surface area contributed by atoms with Crippen LogP contribution in [0.15, 0.2) is 24.3 Å². The Labute approximate surface area is 85.7 Å². The highest BCUT2D eigenvalue weighted by atomic mass is 32.2. The highest BCUT2D eigenvalue weighted by Crippen LogP contribution is 2.23. The topological polar surface area (TPSA) is 0 Å². The van der Waals surface area contributed by atoms with Crippen molar-refractivity contribution in [3.8, 4) is 0 Å². The Kier molecular flexibility index (Phi) is 4.99. The van der Waals surface area contributed by atoms with Crippen molar-refractivity contribution in [1.29, 1.82) is 0 Å². The Morgan fingerprint density at radius 2 is 1.77 bits per heavy atom. The Balaban J connectivity index is 0.000000251. The van der Waals surface area contributed by atoms with Gasteiger partial charge in [0.05, 0.1) is 0 Å². The van der Waals surface area contributed by atoms with Gasteiger partial charge in [-0.05, 0) is 23.3 Å². The molecule has 0 fully saturated rings. The monoisotopic (exact) mass is 194 g/mol. The highest BCUT2D eigenvalue weighted by molar-refractivity contribution is 7.98. The molecule has 0 aromatic heterocycles. The number of hydrogen-bond acceptors (Lipinski definition) is 1. The average Bonchev–Trinajstić information content (AvgIpc) is 2.19. The zero-order valence-corrected chi connectivity index (χ0v) is 9.36. The van der Waals surface area contributed by atoms with Gasteiger partial charge in [-0.3, -0.25) is 0 Å². The minimum Gasteiger partial charge on any atom is -0.157 e. The van der Waals surface area contributed by atoms with E-state index >= 15 is 0 Å². The summed E-state index contributed by atoms with van der Waals surface area (Å²) in [7, 11) is 0. The summed E-state index contributed by atoms with van der Waals surface area (Å²) in [6.07, 6.45) is 2.51. The fourth-order valence-corrected chi connectivity index (χ4v) is 2.32. The van der Waals surface area contributed by atoms with Gasteiger partial charge in [-0.1, -0.05) is 44.5 Å². The molecule has 1 aromatic carbocycles. The number of rotatable bonds is 0. The molecule has 0 spiro atoms. The summed E-state index contributed by atoms with van der Waals surface area (Å²) in [6.45, 7) is 4.25. The van der Waals surface area contributed by atoms with Crippen molar-refractivity contribution in [2.24, 2.45) is 0 Å². The lowest BCUT2D eigenvalue weighted by Crippen LogP contribution is -2.00. The van der Waals surface area contributed by atoms with Crippen LogP contribution in [-0.4, -0.2) is 5.75 Å². The lowest BCUT2D eigenvalue weighted by Gasteiger charge is -2.13. The first kappa shape index (κ1) is 10.6. The van der Waals surface area contributed by atoms with E-state index in [-0.39, 0.29) is 0 Å². The van der Waals surface area contributed by atoms with Crippen LogP contribution in [0, 0.1) is 0 Å². The van der Waals surface area contributed by atoms with E-state index in [1.54, 1.807) is 11.1 Å². The van der Waals surface area contributed by atoms with Gasteiger partial charge in [0.2, 0.25) is 0 Å². The molecule has 1 aliphatic heterocycles. The largest absolute Gasteiger partial charge is 0.157 e. The minimum absolute atomic E-state index is 1.22. The molecule has 13 heavy (non-hydrogen) atoms. The van der Waals surface area contributed by atoms with Gasteiger partial charge in [0, 0.05) is 5.75 Å². The van der Waals surface area contributed by atoms with Crippen LogP contribution in [0.25, 0.3) is 0 Å². The molecule has 0 nitrogen and oxygen atoms in total. The molecule has 0 aliphatic carbocycles. The summed E-state index contributed by atoms with van der Waals surface area (Å²) >= 11 is 2.04. The van der Waals surface area contributed by atoms with Gasteiger partial charge in [-0.25, -0.2) is 0 Å². The second kappa shape index (κ2) is 6.09. The summed E-state index contributed by atoms with van der Waals surface area (Å²) in [5.41, 5.74) is 3.10. The lowest BCUT2D eigenvalue weighted by molar-refractivity contribution is 1.09. The van der Waals surface area contributed by atoms with Crippen LogP contribution in [0.5, 0.6) is 0 Å². The third-order valence-corrected chi connectivity index (χ3v) is 2.90. The first-order valence-corrected chi connectivity index (χ1v) is 6.18. The Morgan fingerprint density at radius 1 is 1.15 bits per heavy atom. The average molecular weight is 194 g/mol. The molecule has 1 aromatic rings. The molecule has 0 atom stereocenters. The van der Waals surface area contributed by atoms with E-state index in [9.17, 15) is 0 Å². The number of benzene rings is 1. The van der Waals surface area contributed by atoms with E-state index in [0.29, 0.717) is 0 Å². The van der Waals surface area contributed by atoms with Crippen molar-refractivity contribution in [3.05, 3.63) is 35.4 Å². The molecule has 0 unspecified atom stereocenters. The van der Waals surface area contributed by atoms with Gasteiger partial charge in [0.25, 0.3) is 0 Å². The molecule has 0 N–H and O–H groups in total. The van der Waals surface area contributed by atoms with E-state index in [1.807, 2.05) is 11.8 Å². The molecule has 0 saturated heterocycles. The van der Waals surface area contributed by atoms with Crippen molar-refractivity contribution < 1.29 is 0 Å². The minimum atomic E-state index is 1.22. The van der Waals surface area contributed by atoms with Gasteiger partial charge in [-0.2, -0.15) is 11.8 Å². The maximum atomic E-state index is 2.25. The molecule has 0 saturated carbocycles. The van der Waals surface area contributed by atoms with Crippen LogP contribution in [0.3, 0.4) is 0 Å². The molecule has 0 radical (unpaired) electrons. The maximum Gasteiger partial charge on any atom is 0.0187 e. The van der Waals surface area contributed by atoms with Crippen molar-refractivity contribution in [2.75, 3.05) is 5.75 Å². The SMILES string of the molecule is CCC.c1ccc2c(c1)CCSC2. The Morgan fingerprint density at radius 3 is 2.38 bits per heavy atom. The molecule has 0 bridgehead atoms. The first-order chi connectivity index (χ1) is 6.38. The van der Waals surface area contributed by atoms with Crippen LogP contribution in [0.4, 0.5) is 0 Å². The van der Waals surface area contributed by atoms with Gasteiger partial charge in [0.1, 0.15) is 0 Å². The van der Waals surface area contributed by atoms with E-state index in [2.05, 4.69) is 38.1 Å². The summed E-state index contributed by atoms with van der Waals surface area (Å²) in [5.74, 6) is 2.52. The molecule has 1 aliphatic rings. The highest BCUT2D eigenvalue weighted by Gasteiger charge is 2.06. The standard InChI is InChI=1S/C9H10S.C3H8/c1-2-4-9-7-10-6-5-8(9)3-1;1-3-2/h1-4H,5-7H2;3H2,1-2H3. The van der Waals surface area contributed by atoms with E-state index < -0.39 is 0 Å². The zero-order chi connectivity index (χ0) is 9.52. The van der Waals surface area contributed by atoms with Crippen molar-refractivity contribution in [2.45, 2.75) is 32.4 Å². The third-order valence-electron chi connectivity index (χ3n) is 1.89. The molecule has 2 rings (SSSR count). The smallest absolute Gasteiger partial charge is 0.0187 e. The van der Waals surface area contributed by atoms with Crippen LogP contribution in [0.2, 0.25) is 0 Å². The van der Waals surface area contributed by atoms with Crippen LogP contribution in [-0.2, 0) is 12.2 Å². The van der Waals surface area contributed by atoms with Gasteiger partial charge in [-0.15, -0.1) is 0 Å². The van der Waals surface area contributed by atoms with E-state index in [4.69, 9.17) is 0 Å². The molecule has 72 valence electrons. The molecule has 1 heterocycles.